The van der Waals surface area contributed by atoms with Crippen molar-refractivity contribution in [2.45, 2.75) is 4.90 Å². The van der Waals surface area contributed by atoms with Gasteiger partial charge < -0.3 is 14.8 Å². The van der Waals surface area contributed by atoms with Gasteiger partial charge in [0.05, 0.1) is 5.02 Å². The highest BCUT2D eigenvalue weighted by Crippen LogP contribution is 2.27. The minimum absolute atomic E-state index is 0.0168. The summed E-state index contributed by atoms with van der Waals surface area (Å²) in [4.78, 5) is 24.7. The van der Waals surface area contributed by atoms with Crippen molar-refractivity contribution in [2.24, 2.45) is 0 Å². The van der Waals surface area contributed by atoms with E-state index in [0.29, 0.717) is 5.75 Å². The molecule has 10 heteroatoms. The van der Waals surface area contributed by atoms with Crippen LogP contribution in [0.4, 0.5) is 5.69 Å². The van der Waals surface area contributed by atoms with Gasteiger partial charge in [-0.05, 0) is 42.5 Å². The third-order valence-corrected chi connectivity index (χ3v) is 6.68. The number of para-hydroxylation sites is 2. The van der Waals surface area contributed by atoms with Crippen molar-refractivity contribution in [1.82, 2.24) is 4.31 Å². The van der Waals surface area contributed by atoms with Gasteiger partial charge in [-0.3, -0.25) is 4.79 Å². The van der Waals surface area contributed by atoms with Gasteiger partial charge in [-0.1, -0.05) is 41.9 Å². The highest BCUT2D eigenvalue weighted by molar-refractivity contribution is 7.89. The molecule has 1 N–H and O–H groups in total. The second-order valence-electron chi connectivity index (χ2n) is 6.97. The first-order valence-electron chi connectivity index (χ1n) is 9.69. The predicted molar refractivity (Wildman–Crippen MR) is 124 cm³/mol. The van der Waals surface area contributed by atoms with Gasteiger partial charge in [-0.15, -0.1) is 0 Å². The van der Waals surface area contributed by atoms with Gasteiger partial charge in [0, 0.05) is 19.8 Å². The van der Waals surface area contributed by atoms with Crippen LogP contribution in [0.25, 0.3) is 0 Å². The minimum Gasteiger partial charge on any atom is -0.456 e. The van der Waals surface area contributed by atoms with Crippen LogP contribution >= 0.6 is 11.6 Å². The monoisotopic (exact) mass is 488 g/mol. The van der Waals surface area contributed by atoms with Crippen LogP contribution in [0.5, 0.6) is 11.5 Å². The Morgan fingerprint density at radius 1 is 0.970 bits per heavy atom. The molecule has 0 aromatic heterocycles. The summed E-state index contributed by atoms with van der Waals surface area (Å²) in [6, 6.07) is 19.5. The third kappa shape index (κ3) is 6.10. The number of ether oxygens (including phenoxy) is 2. The maximum Gasteiger partial charge on any atom is 0.342 e. The molecule has 0 unspecified atom stereocenters. The van der Waals surface area contributed by atoms with Crippen LogP contribution < -0.4 is 10.1 Å². The van der Waals surface area contributed by atoms with E-state index in [9.17, 15) is 18.0 Å². The summed E-state index contributed by atoms with van der Waals surface area (Å²) in [5.41, 5.74) is 0.341. The molecule has 3 aromatic rings. The first-order valence-corrected chi connectivity index (χ1v) is 11.5. The van der Waals surface area contributed by atoms with Crippen molar-refractivity contribution in [3.8, 4) is 11.5 Å². The number of benzene rings is 3. The van der Waals surface area contributed by atoms with Gasteiger partial charge in [0.1, 0.15) is 22.0 Å². The Labute approximate surface area is 196 Å². The quantitative estimate of drug-likeness (QED) is 0.477. The highest BCUT2D eigenvalue weighted by Gasteiger charge is 2.22. The normalized spacial score (nSPS) is 11.2. The maximum absolute atomic E-state index is 12.5. The third-order valence-electron chi connectivity index (χ3n) is 4.39. The number of hydrogen-bond acceptors (Lipinski definition) is 6. The molecule has 0 aliphatic rings. The van der Waals surface area contributed by atoms with Crippen LogP contribution in [0.2, 0.25) is 5.02 Å². The van der Waals surface area contributed by atoms with Crippen molar-refractivity contribution in [2.75, 3.05) is 26.0 Å². The van der Waals surface area contributed by atoms with Gasteiger partial charge in [0.25, 0.3) is 5.91 Å². The molecule has 172 valence electrons. The molecule has 3 rings (SSSR count). The fourth-order valence-corrected chi connectivity index (χ4v) is 4.11. The first kappa shape index (κ1) is 24.2. The number of carbonyl (C=O) groups excluding carboxylic acids is 2. The SMILES string of the molecule is CN(C)S(=O)(=O)c1cc(NC(=O)COC(=O)c2ccccc2Oc2ccccc2)ccc1Cl. The molecule has 0 bridgehead atoms. The lowest BCUT2D eigenvalue weighted by Gasteiger charge is -2.14. The van der Waals surface area contributed by atoms with Gasteiger partial charge in [-0.2, -0.15) is 0 Å². The number of halogens is 1. The fourth-order valence-electron chi connectivity index (χ4n) is 2.72. The van der Waals surface area contributed by atoms with Crippen molar-refractivity contribution in [3.05, 3.63) is 83.4 Å². The zero-order valence-corrected chi connectivity index (χ0v) is 19.4. The molecule has 0 saturated heterocycles. The first-order chi connectivity index (χ1) is 15.7. The number of amides is 1. The fraction of sp³-hybridized carbons (Fsp3) is 0.130. The summed E-state index contributed by atoms with van der Waals surface area (Å²) in [5.74, 6) is -0.573. The summed E-state index contributed by atoms with van der Waals surface area (Å²) in [7, 11) is -1.07. The molecule has 0 saturated carbocycles. The molecular weight excluding hydrogens is 468 g/mol. The number of anilines is 1. The van der Waals surface area contributed by atoms with Gasteiger partial charge >= 0.3 is 5.97 Å². The molecule has 0 atom stereocenters. The van der Waals surface area contributed by atoms with E-state index in [4.69, 9.17) is 21.1 Å². The molecule has 0 fully saturated rings. The summed E-state index contributed by atoms with van der Waals surface area (Å²) < 4.78 is 36.6. The van der Waals surface area contributed by atoms with Crippen molar-refractivity contribution >= 4 is 39.2 Å². The topological polar surface area (TPSA) is 102 Å². The molecule has 0 heterocycles. The average Bonchev–Trinajstić information content (AvgIpc) is 2.79. The summed E-state index contributed by atoms with van der Waals surface area (Å²) in [6.45, 7) is -0.586. The molecule has 0 radical (unpaired) electrons. The Hall–Kier alpha value is -3.40. The van der Waals surface area contributed by atoms with E-state index in [1.54, 1.807) is 42.5 Å². The molecule has 8 nitrogen and oxygen atoms in total. The number of hydrogen-bond donors (Lipinski definition) is 1. The average molecular weight is 489 g/mol. The van der Waals surface area contributed by atoms with Gasteiger partial charge in [0.15, 0.2) is 6.61 Å². The summed E-state index contributed by atoms with van der Waals surface area (Å²) >= 11 is 6.00. The number of rotatable bonds is 8. The van der Waals surface area contributed by atoms with Gasteiger partial charge in [0.2, 0.25) is 10.0 Å². The van der Waals surface area contributed by atoms with Crippen LogP contribution in [0.1, 0.15) is 10.4 Å². The number of nitrogens with one attached hydrogen (secondary N) is 1. The Balaban J connectivity index is 1.66. The van der Waals surface area contributed by atoms with Gasteiger partial charge in [-0.25, -0.2) is 17.5 Å². The Bertz CT molecular complexity index is 1260. The Kier molecular flexibility index (Phi) is 7.70. The molecule has 0 aliphatic carbocycles. The number of esters is 1. The second kappa shape index (κ2) is 10.5. The van der Waals surface area contributed by atoms with Crippen LogP contribution in [-0.4, -0.2) is 45.3 Å². The molecular formula is C23H21ClN2O6S. The largest absolute Gasteiger partial charge is 0.456 e. The maximum atomic E-state index is 12.5. The zero-order valence-electron chi connectivity index (χ0n) is 17.8. The minimum atomic E-state index is -3.81. The molecule has 1 amide bonds. The summed E-state index contributed by atoms with van der Waals surface area (Å²) in [5, 5.41) is 2.51. The van der Waals surface area contributed by atoms with E-state index in [1.807, 2.05) is 6.07 Å². The standard InChI is InChI=1S/C23H21ClN2O6S/c1-26(2)33(29,30)21-14-16(12-13-19(21)24)25-22(27)15-31-23(28)18-10-6-7-11-20(18)32-17-8-4-3-5-9-17/h3-14H,15H2,1-2H3,(H,25,27). The summed E-state index contributed by atoms with van der Waals surface area (Å²) in [6.07, 6.45) is 0. The molecule has 3 aromatic carbocycles. The van der Waals surface area contributed by atoms with E-state index in [0.717, 1.165) is 4.31 Å². The van der Waals surface area contributed by atoms with Crippen LogP contribution in [0, 0.1) is 0 Å². The zero-order chi connectivity index (χ0) is 24.0. The van der Waals surface area contributed by atoms with E-state index in [1.165, 1.54) is 38.4 Å². The van der Waals surface area contributed by atoms with E-state index < -0.39 is 28.5 Å². The van der Waals surface area contributed by atoms with E-state index in [-0.39, 0.29) is 26.9 Å². The second-order valence-corrected chi connectivity index (χ2v) is 9.50. The van der Waals surface area contributed by atoms with Crippen molar-refractivity contribution in [3.63, 3.8) is 0 Å². The van der Waals surface area contributed by atoms with Crippen molar-refractivity contribution in [1.29, 1.82) is 0 Å². The Morgan fingerprint density at radius 2 is 1.64 bits per heavy atom. The molecule has 33 heavy (non-hydrogen) atoms. The lowest BCUT2D eigenvalue weighted by molar-refractivity contribution is -0.119. The lowest BCUT2D eigenvalue weighted by atomic mass is 10.2. The van der Waals surface area contributed by atoms with Crippen molar-refractivity contribution < 1.29 is 27.5 Å². The van der Waals surface area contributed by atoms with Crippen LogP contribution in [0.15, 0.2) is 77.7 Å². The van der Waals surface area contributed by atoms with E-state index >= 15 is 0 Å². The molecule has 0 spiro atoms. The van der Waals surface area contributed by atoms with Crippen LogP contribution in [-0.2, 0) is 19.6 Å². The predicted octanol–water partition coefficient (Wildman–Crippen LogP) is 4.18. The van der Waals surface area contributed by atoms with Crippen LogP contribution in [0.3, 0.4) is 0 Å². The highest BCUT2D eigenvalue weighted by atomic mass is 35.5. The molecule has 0 aliphatic heterocycles. The van der Waals surface area contributed by atoms with E-state index in [2.05, 4.69) is 5.32 Å². The number of carbonyl (C=O) groups is 2. The smallest absolute Gasteiger partial charge is 0.342 e. The lowest BCUT2D eigenvalue weighted by Crippen LogP contribution is -2.23. The number of nitrogens with zero attached hydrogens (tertiary/aromatic N) is 1. The Morgan fingerprint density at radius 3 is 2.33 bits per heavy atom. The number of sulfonamides is 1.